The van der Waals surface area contributed by atoms with Gasteiger partial charge in [0.1, 0.15) is 5.37 Å². The third kappa shape index (κ3) is 5.22. The van der Waals surface area contributed by atoms with Crippen molar-refractivity contribution in [2.45, 2.75) is 31.7 Å². The molecular formula is C27H28N2O2S. The SMILES string of the molecule is Cc1ccc([C@@H](C)NC(=O)c2ccc([C@@H]3SCC(=O)N3CCc3ccccc3)cc2)cc1. The van der Waals surface area contributed by atoms with Gasteiger partial charge in [0.2, 0.25) is 5.91 Å². The third-order valence-corrected chi connectivity index (χ3v) is 7.09. The summed E-state index contributed by atoms with van der Waals surface area (Å²) in [5.74, 6) is 0.570. The fraction of sp³-hybridized carbons (Fsp3) is 0.259. The smallest absolute Gasteiger partial charge is 0.251 e. The van der Waals surface area contributed by atoms with Crippen molar-refractivity contribution >= 4 is 23.6 Å². The summed E-state index contributed by atoms with van der Waals surface area (Å²) < 4.78 is 0. The normalized spacial score (nSPS) is 16.8. The lowest BCUT2D eigenvalue weighted by Crippen LogP contribution is -2.30. The van der Waals surface area contributed by atoms with E-state index in [0.29, 0.717) is 17.9 Å². The average Bonchev–Trinajstić information content (AvgIpc) is 3.19. The zero-order valence-electron chi connectivity index (χ0n) is 18.5. The Labute approximate surface area is 194 Å². The number of carbonyl (C=O) groups is 2. The maximum Gasteiger partial charge on any atom is 0.251 e. The summed E-state index contributed by atoms with van der Waals surface area (Å²) >= 11 is 1.65. The van der Waals surface area contributed by atoms with Gasteiger partial charge >= 0.3 is 0 Å². The first-order chi connectivity index (χ1) is 15.5. The summed E-state index contributed by atoms with van der Waals surface area (Å²) in [4.78, 5) is 27.1. The molecule has 1 N–H and O–H groups in total. The molecule has 32 heavy (non-hydrogen) atoms. The highest BCUT2D eigenvalue weighted by Crippen LogP contribution is 2.38. The highest BCUT2D eigenvalue weighted by molar-refractivity contribution is 8.00. The zero-order chi connectivity index (χ0) is 22.5. The lowest BCUT2D eigenvalue weighted by Gasteiger charge is -2.24. The number of hydrogen-bond donors (Lipinski definition) is 1. The van der Waals surface area contributed by atoms with Crippen LogP contribution in [0.1, 0.15) is 51.0 Å². The first-order valence-electron chi connectivity index (χ1n) is 10.9. The number of hydrogen-bond acceptors (Lipinski definition) is 3. The Morgan fingerprint density at radius 1 is 1.03 bits per heavy atom. The number of carbonyl (C=O) groups excluding carboxylic acids is 2. The van der Waals surface area contributed by atoms with Crippen molar-refractivity contribution in [2.24, 2.45) is 0 Å². The summed E-state index contributed by atoms with van der Waals surface area (Å²) in [6.07, 6.45) is 0.834. The molecule has 164 valence electrons. The van der Waals surface area contributed by atoms with E-state index in [1.807, 2.05) is 73.3 Å². The van der Waals surface area contributed by atoms with Gasteiger partial charge in [0.15, 0.2) is 0 Å². The van der Waals surface area contributed by atoms with Gasteiger partial charge in [-0.05, 0) is 49.1 Å². The maximum atomic E-state index is 12.7. The average molecular weight is 445 g/mol. The number of amides is 2. The number of rotatable bonds is 7. The van der Waals surface area contributed by atoms with E-state index in [4.69, 9.17) is 0 Å². The van der Waals surface area contributed by atoms with Crippen molar-refractivity contribution < 1.29 is 9.59 Å². The Bertz CT molecular complexity index is 1070. The summed E-state index contributed by atoms with van der Waals surface area (Å²) in [7, 11) is 0. The summed E-state index contributed by atoms with van der Waals surface area (Å²) in [5, 5.41) is 3.06. The lowest BCUT2D eigenvalue weighted by molar-refractivity contribution is -0.128. The Morgan fingerprint density at radius 2 is 1.72 bits per heavy atom. The van der Waals surface area contributed by atoms with Crippen LogP contribution in [0.15, 0.2) is 78.9 Å². The van der Waals surface area contributed by atoms with Crippen LogP contribution in [-0.2, 0) is 11.2 Å². The molecule has 0 radical (unpaired) electrons. The van der Waals surface area contributed by atoms with E-state index in [-0.39, 0.29) is 23.2 Å². The molecule has 4 rings (SSSR count). The van der Waals surface area contributed by atoms with Crippen molar-refractivity contribution in [3.63, 3.8) is 0 Å². The van der Waals surface area contributed by atoms with Crippen LogP contribution in [0.4, 0.5) is 0 Å². The second-order valence-corrected chi connectivity index (χ2v) is 9.28. The Hall–Kier alpha value is -3.05. The monoisotopic (exact) mass is 444 g/mol. The van der Waals surface area contributed by atoms with Crippen LogP contribution in [0.3, 0.4) is 0 Å². The Morgan fingerprint density at radius 3 is 2.41 bits per heavy atom. The van der Waals surface area contributed by atoms with E-state index in [1.54, 1.807) is 11.8 Å². The van der Waals surface area contributed by atoms with Crippen LogP contribution >= 0.6 is 11.8 Å². The van der Waals surface area contributed by atoms with Crippen molar-refractivity contribution in [1.29, 1.82) is 0 Å². The van der Waals surface area contributed by atoms with E-state index in [0.717, 1.165) is 17.5 Å². The highest BCUT2D eigenvalue weighted by atomic mass is 32.2. The maximum absolute atomic E-state index is 12.7. The number of thioether (sulfide) groups is 1. The van der Waals surface area contributed by atoms with Crippen molar-refractivity contribution in [1.82, 2.24) is 10.2 Å². The molecule has 0 spiro atoms. The number of aryl methyl sites for hydroxylation is 1. The highest BCUT2D eigenvalue weighted by Gasteiger charge is 2.32. The van der Waals surface area contributed by atoms with Gasteiger partial charge in [-0.15, -0.1) is 11.8 Å². The zero-order valence-corrected chi connectivity index (χ0v) is 19.3. The van der Waals surface area contributed by atoms with Gasteiger partial charge in [0, 0.05) is 12.1 Å². The van der Waals surface area contributed by atoms with Gasteiger partial charge in [-0.1, -0.05) is 72.3 Å². The van der Waals surface area contributed by atoms with Gasteiger partial charge in [0.25, 0.3) is 5.91 Å². The molecule has 1 saturated heterocycles. The molecule has 0 bridgehead atoms. The van der Waals surface area contributed by atoms with E-state index < -0.39 is 0 Å². The molecule has 0 aliphatic carbocycles. The molecule has 0 saturated carbocycles. The fourth-order valence-corrected chi connectivity index (χ4v) is 5.10. The van der Waals surface area contributed by atoms with Gasteiger partial charge in [-0.3, -0.25) is 9.59 Å². The Balaban J connectivity index is 1.40. The van der Waals surface area contributed by atoms with Crippen LogP contribution < -0.4 is 5.32 Å². The molecule has 1 aliphatic heterocycles. The molecule has 2 atom stereocenters. The molecule has 2 amide bonds. The molecule has 3 aromatic carbocycles. The van der Waals surface area contributed by atoms with Crippen LogP contribution in [0.25, 0.3) is 0 Å². The minimum absolute atomic E-state index is 0.00481. The van der Waals surface area contributed by atoms with Gasteiger partial charge < -0.3 is 10.2 Å². The van der Waals surface area contributed by atoms with E-state index in [2.05, 4.69) is 29.6 Å². The first kappa shape index (κ1) is 22.2. The molecule has 1 aliphatic rings. The van der Waals surface area contributed by atoms with Crippen LogP contribution in [0.2, 0.25) is 0 Å². The van der Waals surface area contributed by atoms with Crippen molar-refractivity contribution in [3.05, 3.63) is 107 Å². The molecule has 0 unspecified atom stereocenters. The van der Waals surface area contributed by atoms with Crippen molar-refractivity contribution in [3.8, 4) is 0 Å². The van der Waals surface area contributed by atoms with Crippen LogP contribution in [0.5, 0.6) is 0 Å². The topological polar surface area (TPSA) is 49.4 Å². The summed E-state index contributed by atoms with van der Waals surface area (Å²) in [5.41, 5.74) is 5.18. The molecule has 4 nitrogen and oxygen atoms in total. The number of nitrogens with one attached hydrogen (secondary N) is 1. The summed E-state index contributed by atoms with van der Waals surface area (Å²) in [6, 6.07) is 26.0. The minimum Gasteiger partial charge on any atom is -0.346 e. The lowest BCUT2D eigenvalue weighted by atomic mass is 10.1. The molecule has 5 heteroatoms. The van der Waals surface area contributed by atoms with Gasteiger partial charge in [-0.2, -0.15) is 0 Å². The van der Waals surface area contributed by atoms with Gasteiger partial charge in [-0.25, -0.2) is 0 Å². The standard InChI is InChI=1S/C27H28N2O2S/c1-19-8-10-22(11-9-19)20(2)28-26(31)23-12-14-24(15-13-23)27-29(25(30)18-32-27)17-16-21-6-4-3-5-7-21/h3-15,20,27H,16-18H2,1-2H3,(H,28,31)/t20-,27+/m1/s1. The quantitative estimate of drug-likeness (QED) is 0.538. The second kappa shape index (κ2) is 10.0. The fourth-order valence-electron chi connectivity index (χ4n) is 3.88. The Kier molecular flexibility index (Phi) is 6.96. The molecule has 1 heterocycles. The molecule has 3 aromatic rings. The number of benzene rings is 3. The molecule has 1 fully saturated rings. The largest absolute Gasteiger partial charge is 0.346 e. The third-order valence-electron chi connectivity index (χ3n) is 5.84. The van der Waals surface area contributed by atoms with Crippen molar-refractivity contribution in [2.75, 3.05) is 12.3 Å². The predicted octanol–water partition coefficient (Wildman–Crippen LogP) is 5.30. The number of nitrogens with zero attached hydrogens (tertiary/aromatic N) is 1. The van der Waals surface area contributed by atoms with Crippen LogP contribution in [-0.4, -0.2) is 29.0 Å². The van der Waals surface area contributed by atoms with Crippen LogP contribution in [0, 0.1) is 6.92 Å². The first-order valence-corrected chi connectivity index (χ1v) is 12.0. The van der Waals surface area contributed by atoms with Gasteiger partial charge in [0.05, 0.1) is 11.8 Å². The predicted molar refractivity (Wildman–Crippen MR) is 131 cm³/mol. The van der Waals surface area contributed by atoms with E-state index in [1.165, 1.54) is 11.1 Å². The summed E-state index contributed by atoms with van der Waals surface area (Å²) in [6.45, 7) is 4.73. The molecule has 0 aromatic heterocycles. The van der Waals surface area contributed by atoms with E-state index >= 15 is 0 Å². The molecular weight excluding hydrogens is 416 g/mol. The van der Waals surface area contributed by atoms with E-state index in [9.17, 15) is 9.59 Å². The second-order valence-electron chi connectivity index (χ2n) is 8.21. The minimum atomic E-state index is -0.0966.